The molecule has 1 aromatic heterocycles. The van der Waals surface area contributed by atoms with Gasteiger partial charge in [0.1, 0.15) is 5.69 Å². The summed E-state index contributed by atoms with van der Waals surface area (Å²) in [6.07, 6.45) is 0. The van der Waals surface area contributed by atoms with Crippen molar-refractivity contribution in [1.82, 2.24) is 14.7 Å². The average Bonchev–Trinajstić information content (AvgIpc) is 2.80. The van der Waals surface area contributed by atoms with Crippen molar-refractivity contribution in [1.29, 1.82) is 0 Å². The number of nitrogens with zero attached hydrogens (tertiary/aromatic N) is 5. The third kappa shape index (κ3) is 3.81. The van der Waals surface area contributed by atoms with Gasteiger partial charge in [-0.25, -0.2) is 0 Å². The average molecular weight is 435 g/mol. The van der Waals surface area contributed by atoms with Crippen molar-refractivity contribution in [3.8, 4) is 5.69 Å². The maximum absolute atomic E-state index is 13.1. The van der Waals surface area contributed by atoms with Gasteiger partial charge in [0, 0.05) is 49.2 Å². The maximum Gasteiger partial charge on any atom is 0.295 e. The predicted molar refractivity (Wildman–Crippen MR) is 122 cm³/mol. The Hall–Kier alpha value is -3.75. The quantitative estimate of drug-likeness (QED) is 0.461. The highest BCUT2D eigenvalue weighted by Crippen LogP contribution is 2.28. The van der Waals surface area contributed by atoms with E-state index in [1.165, 1.54) is 6.07 Å². The van der Waals surface area contributed by atoms with Crippen molar-refractivity contribution in [3.05, 3.63) is 68.6 Å². The fourth-order valence-electron chi connectivity index (χ4n) is 4.09. The summed E-state index contributed by atoms with van der Waals surface area (Å²) in [4.78, 5) is 40.5. The van der Waals surface area contributed by atoms with Crippen LogP contribution in [-0.2, 0) is 4.79 Å². The Morgan fingerprint density at radius 1 is 1.06 bits per heavy atom. The van der Waals surface area contributed by atoms with Crippen LogP contribution in [0.25, 0.3) is 16.5 Å². The number of nitro benzene ring substituents is 1. The lowest BCUT2D eigenvalue weighted by Gasteiger charge is -2.37. The largest absolute Gasteiger partial charge is 0.368 e. The molecular formula is C23H25N5O4. The predicted octanol–water partition coefficient (Wildman–Crippen LogP) is 2.91. The summed E-state index contributed by atoms with van der Waals surface area (Å²) in [5.41, 5.74) is 0.903. The number of hydrogen-bond acceptors (Lipinski definition) is 6. The molecule has 1 fully saturated rings. The van der Waals surface area contributed by atoms with Crippen molar-refractivity contribution in [2.45, 2.75) is 20.8 Å². The first-order valence-electron chi connectivity index (χ1n) is 10.6. The third-order valence-electron chi connectivity index (χ3n) is 5.82. The Balaban J connectivity index is 1.74. The number of amides is 1. The van der Waals surface area contributed by atoms with Crippen LogP contribution in [-0.4, -0.2) is 51.7 Å². The van der Waals surface area contributed by atoms with Gasteiger partial charge in [-0.05, 0) is 25.1 Å². The molecule has 2 heterocycles. The number of anilines is 1. The van der Waals surface area contributed by atoms with E-state index in [2.05, 4.69) is 10.00 Å². The van der Waals surface area contributed by atoms with E-state index in [1.807, 2.05) is 30.9 Å². The molecule has 32 heavy (non-hydrogen) atoms. The second-order valence-corrected chi connectivity index (χ2v) is 8.25. The molecule has 0 aliphatic carbocycles. The normalized spacial score (nSPS) is 14.2. The van der Waals surface area contributed by atoms with Gasteiger partial charge in [0.25, 0.3) is 11.2 Å². The number of aromatic nitrogens is 2. The van der Waals surface area contributed by atoms with Crippen LogP contribution in [0.15, 0.2) is 47.3 Å². The van der Waals surface area contributed by atoms with E-state index < -0.39 is 10.5 Å². The first-order valence-corrected chi connectivity index (χ1v) is 10.6. The molecule has 2 aromatic carbocycles. The summed E-state index contributed by atoms with van der Waals surface area (Å²) in [6, 6.07) is 11.8. The van der Waals surface area contributed by atoms with Crippen molar-refractivity contribution < 1.29 is 9.72 Å². The van der Waals surface area contributed by atoms with Gasteiger partial charge < -0.3 is 9.80 Å². The molecule has 3 aromatic rings. The van der Waals surface area contributed by atoms with Gasteiger partial charge in [0.15, 0.2) is 0 Å². The number of carbonyl (C=O) groups is 1. The molecule has 0 N–H and O–H groups in total. The lowest BCUT2D eigenvalue weighted by molar-refractivity contribution is -0.384. The molecule has 1 aliphatic heterocycles. The summed E-state index contributed by atoms with van der Waals surface area (Å²) in [7, 11) is 0. The van der Waals surface area contributed by atoms with Crippen LogP contribution in [0.4, 0.5) is 11.4 Å². The van der Waals surface area contributed by atoms with E-state index >= 15 is 0 Å². The number of rotatable bonds is 4. The van der Waals surface area contributed by atoms with Gasteiger partial charge in [-0.1, -0.05) is 32.0 Å². The number of hydrogen-bond donors (Lipinski definition) is 0. The summed E-state index contributed by atoms with van der Waals surface area (Å²) in [5, 5.41) is 17.3. The maximum atomic E-state index is 13.1. The fourth-order valence-corrected chi connectivity index (χ4v) is 4.09. The van der Waals surface area contributed by atoms with Crippen molar-refractivity contribution >= 4 is 28.1 Å². The lowest BCUT2D eigenvalue weighted by Crippen LogP contribution is -2.49. The molecule has 1 saturated heterocycles. The van der Waals surface area contributed by atoms with Crippen molar-refractivity contribution in [2.24, 2.45) is 5.92 Å². The van der Waals surface area contributed by atoms with E-state index in [4.69, 9.17) is 0 Å². The number of benzene rings is 2. The fraction of sp³-hybridized carbons (Fsp3) is 0.348. The van der Waals surface area contributed by atoms with Gasteiger partial charge in [0.2, 0.25) is 5.91 Å². The standard InChI is InChI=1S/C23H25N5O4/c1-15(2)22(29)26-12-10-25(11-13-26)17-8-9-20(28(31)32)21(14-17)27-23(30)19-7-5-4-6-18(19)16(3)24-27/h4-9,14-15H,10-13H2,1-3H3. The van der Waals surface area contributed by atoms with Crippen LogP contribution >= 0.6 is 0 Å². The third-order valence-corrected chi connectivity index (χ3v) is 5.82. The second-order valence-electron chi connectivity index (χ2n) is 8.25. The molecule has 4 rings (SSSR count). The molecule has 9 heteroatoms. The minimum Gasteiger partial charge on any atom is -0.368 e. The molecule has 166 valence electrons. The Morgan fingerprint density at radius 2 is 1.72 bits per heavy atom. The number of fused-ring (bicyclic) bond motifs is 1. The lowest BCUT2D eigenvalue weighted by atomic mass is 10.1. The van der Waals surface area contributed by atoms with Crippen molar-refractivity contribution in [2.75, 3.05) is 31.1 Å². The Labute approximate surface area is 185 Å². The number of carbonyl (C=O) groups excluding carboxylic acids is 1. The Bertz CT molecular complexity index is 1260. The van der Waals surface area contributed by atoms with Crippen LogP contribution in [0, 0.1) is 23.0 Å². The van der Waals surface area contributed by atoms with Gasteiger partial charge in [0.05, 0.1) is 16.0 Å². The van der Waals surface area contributed by atoms with E-state index in [9.17, 15) is 19.7 Å². The molecule has 0 bridgehead atoms. The SMILES string of the molecule is Cc1nn(-c2cc(N3CCN(C(=O)C(C)C)CC3)ccc2[N+](=O)[O-])c(=O)c2ccccc12. The van der Waals surface area contributed by atoms with Gasteiger partial charge in [-0.3, -0.25) is 19.7 Å². The zero-order chi connectivity index (χ0) is 23.0. The Kier molecular flexibility index (Phi) is 5.65. The monoisotopic (exact) mass is 435 g/mol. The molecule has 0 spiro atoms. The van der Waals surface area contributed by atoms with E-state index in [-0.39, 0.29) is 23.2 Å². The molecule has 1 aliphatic rings. The topological polar surface area (TPSA) is 102 Å². The highest BCUT2D eigenvalue weighted by molar-refractivity contribution is 5.83. The minimum atomic E-state index is -0.503. The van der Waals surface area contributed by atoms with Crippen molar-refractivity contribution in [3.63, 3.8) is 0 Å². The van der Waals surface area contributed by atoms with E-state index in [0.29, 0.717) is 37.3 Å². The minimum absolute atomic E-state index is 0.0541. The first kappa shape index (κ1) is 21.5. The van der Waals surface area contributed by atoms with Crippen LogP contribution in [0.1, 0.15) is 19.5 Å². The van der Waals surface area contributed by atoms with E-state index in [1.54, 1.807) is 31.2 Å². The highest BCUT2D eigenvalue weighted by Gasteiger charge is 2.25. The molecule has 9 nitrogen and oxygen atoms in total. The number of nitro groups is 1. The first-order chi connectivity index (χ1) is 15.3. The molecule has 0 saturated carbocycles. The van der Waals surface area contributed by atoms with Crippen LogP contribution in [0.2, 0.25) is 0 Å². The highest BCUT2D eigenvalue weighted by atomic mass is 16.6. The Morgan fingerprint density at radius 3 is 2.34 bits per heavy atom. The number of aryl methyl sites for hydroxylation is 1. The summed E-state index contributed by atoms with van der Waals surface area (Å²) in [5.74, 6) is 0.0676. The van der Waals surface area contributed by atoms with Gasteiger partial charge in [-0.15, -0.1) is 0 Å². The second kappa shape index (κ2) is 8.41. The zero-order valence-electron chi connectivity index (χ0n) is 18.3. The van der Waals surface area contributed by atoms with Gasteiger partial charge >= 0.3 is 0 Å². The molecule has 1 amide bonds. The van der Waals surface area contributed by atoms with E-state index in [0.717, 1.165) is 15.8 Å². The smallest absolute Gasteiger partial charge is 0.295 e. The summed E-state index contributed by atoms with van der Waals surface area (Å²) < 4.78 is 1.12. The number of piperazine rings is 1. The molecule has 0 unspecified atom stereocenters. The van der Waals surface area contributed by atoms with Crippen LogP contribution < -0.4 is 10.5 Å². The molecular weight excluding hydrogens is 410 g/mol. The molecule has 0 atom stereocenters. The summed E-state index contributed by atoms with van der Waals surface area (Å²) in [6.45, 7) is 7.91. The summed E-state index contributed by atoms with van der Waals surface area (Å²) >= 11 is 0. The van der Waals surface area contributed by atoms with Crippen LogP contribution in [0.3, 0.4) is 0 Å². The van der Waals surface area contributed by atoms with Gasteiger partial charge in [-0.2, -0.15) is 9.78 Å². The van der Waals surface area contributed by atoms with Crippen LogP contribution in [0.5, 0.6) is 0 Å². The molecule has 0 radical (unpaired) electrons. The zero-order valence-corrected chi connectivity index (χ0v) is 18.3.